The summed E-state index contributed by atoms with van der Waals surface area (Å²) >= 11 is 0. The second-order valence-electron chi connectivity index (χ2n) is 6.73. The number of fused-ring (bicyclic) bond motifs is 1. The third-order valence-electron chi connectivity index (χ3n) is 4.98. The fourth-order valence-corrected chi connectivity index (χ4v) is 3.57. The van der Waals surface area contributed by atoms with E-state index in [0.717, 1.165) is 22.2 Å². The van der Waals surface area contributed by atoms with Gasteiger partial charge in [-0.2, -0.15) is 4.39 Å². The molecule has 7 heteroatoms. The van der Waals surface area contributed by atoms with Crippen molar-refractivity contribution in [2.75, 3.05) is 24.5 Å². The number of halogens is 1. The highest BCUT2D eigenvalue weighted by Crippen LogP contribution is 2.21. The van der Waals surface area contributed by atoms with E-state index in [2.05, 4.69) is 15.2 Å². The molecule has 1 saturated heterocycles. The number of carbonyl (C=O) groups is 1. The Bertz CT molecular complexity index is 958. The summed E-state index contributed by atoms with van der Waals surface area (Å²) in [4.78, 5) is 20.1. The Kier molecular flexibility index (Phi) is 4.66. The number of furan rings is 1. The number of benzene rings is 1. The van der Waals surface area contributed by atoms with Gasteiger partial charge < -0.3 is 19.5 Å². The lowest BCUT2D eigenvalue weighted by Gasteiger charge is -2.40. The number of hydrogen-bond donors (Lipinski definition) is 1. The Balaban J connectivity index is 1.38. The fraction of sp³-hybridized carbons (Fsp3) is 0.300. The van der Waals surface area contributed by atoms with Gasteiger partial charge in [0.2, 0.25) is 5.95 Å². The van der Waals surface area contributed by atoms with Crippen LogP contribution < -0.4 is 10.2 Å². The van der Waals surface area contributed by atoms with Crippen LogP contribution in [0.15, 0.2) is 53.3 Å². The van der Waals surface area contributed by atoms with E-state index in [9.17, 15) is 9.18 Å². The second kappa shape index (κ2) is 7.26. The summed E-state index contributed by atoms with van der Waals surface area (Å²) in [5.74, 6) is -0.492. The number of hydrogen-bond acceptors (Lipinski definition) is 4. The number of nitrogens with one attached hydrogen (secondary N) is 1. The molecule has 1 aliphatic heterocycles. The number of urea groups is 1. The predicted molar refractivity (Wildman–Crippen MR) is 101 cm³/mol. The van der Waals surface area contributed by atoms with Crippen molar-refractivity contribution in [3.63, 3.8) is 0 Å². The van der Waals surface area contributed by atoms with Crippen LogP contribution in [0.1, 0.15) is 12.5 Å². The van der Waals surface area contributed by atoms with Gasteiger partial charge in [-0.25, -0.2) is 9.78 Å². The molecule has 0 aliphatic carbocycles. The molecule has 0 spiro atoms. The molecule has 3 heterocycles. The van der Waals surface area contributed by atoms with Crippen molar-refractivity contribution >= 4 is 22.7 Å². The van der Waals surface area contributed by atoms with Crippen LogP contribution >= 0.6 is 0 Å². The van der Waals surface area contributed by atoms with Gasteiger partial charge in [0, 0.05) is 55.6 Å². The first-order valence-corrected chi connectivity index (χ1v) is 8.98. The van der Waals surface area contributed by atoms with Gasteiger partial charge in [-0.3, -0.25) is 0 Å². The molecule has 0 saturated carbocycles. The third-order valence-corrected chi connectivity index (χ3v) is 4.98. The number of carbonyl (C=O) groups excluding carboxylic acids is 1. The Morgan fingerprint density at radius 2 is 2.22 bits per heavy atom. The summed E-state index contributed by atoms with van der Waals surface area (Å²) in [6.45, 7) is 4.32. The van der Waals surface area contributed by atoms with Crippen LogP contribution in [0.2, 0.25) is 0 Å². The molecule has 1 aromatic carbocycles. The normalized spacial score (nSPS) is 17.3. The minimum absolute atomic E-state index is 0.0136. The molecule has 6 nitrogen and oxygen atoms in total. The highest BCUT2D eigenvalue weighted by atomic mass is 19.1. The molecule has 2 amide bonds. The van der Waals surface area contributed by atoms with E-state index in [1.807, 2.05) is 36.1 Å². The minimum Gasteiger partial charge on any atom is -0.464 e. The van der Waals surface area contributed by atoms with Crippen LogP contribution in [-0.4, -0.2) is 41.6 Å². The number of aromatic nitrogens is 1. The molecular formula is C20H21FN4O2. The first-order chi connectivity index (χ1) is 13.1. The van der Waals surface area contributed by atoms with Gasteiger partial charge in [0.15, 0.2) is 0 Å². The summed E-state index contributed by atoms with van der Waals surface area (Å²) in [6, 6.07) is 10.9. The molecule has 0 bridgehead atoms. The standard InChI is InChI=1S/C20H21FN4O2/c1-14-13-24(16-5-7-22-19(21)11-16)8-9-25(14)20(26)23-12-15-3-2-4-18-17(15)6-10-27-18/h2-7,10-11,14H,8-9,12-13H2,1H3,(H,23,26). The molecule has 1 atom stereocenters. The van der Waals surface area contributed by atoms with Crippen molar-refractivity contribution < 1.29 is 13.6 Å². The minimum atomic E-state index is -0.492. The van der Waals surface area contributed by atoms with Gasteiger partial charge in [0.05, 0.1) is 6.26 Å². The number of pyridine rings is 1. The molecule has 1 aliphatic rings. The average Bonchev–Trinajstić information content (AvgIpc) is 3.15. The molecule has 1 N–H and O–H groups in total. The molecule has 140 valence electrons. The lowest BCUT2D eigenvalue weighted by molar-refractivity contribution is 0.171. The van der Waals surface area contributed by atoms with E-state index in [1.54, 1.807) is 12.3 Å². The molecule has 0 radical (unpaired) electrons. The highest BCUT2D eigenvalue weighted by Gasteiger charge is 2.27. The quantitative estimate of drug-likeness (QED) is 0.720. The molecular weight excluding hydrogens is 347 g/mol. The van der Waals surface area contributed by atoms with Crippen LogP contribution in [0.3, 0.4) is 0 Å². The molecule has 3 aromatic rings. The summed E-state index contributed by atoms with van der Waals surface area (Å²) < 4.78 is 18.8. The first kappa shape index (κ1) is 17.3. The molecule has 2 aromatic heterocycles. The maximum absolute atomic E-state index is 13.4. The van der Waals surface area contributed by atoms with E-state index in [-0.39, 0.29) is 12.1 Å². The number of rotatable bonds is 3. The fourth-order valence-electron chi connectivity index (χ4n) is 3.57. The van der Waals surface area contributed by atoms with Crippen molar-refractivity contribution in [3.05, 3.63) is 60.4 Å². The van der Waals surface area contributed by atoms with Crippen LogP contribution in [0.25, 0.3) is 11.0 Å². The van der Waals surface area contributed by atoms with Crippen LogP contribution in [0.4, 0.5) is 14.9 Å². The van der Waals surface area contributed by atoms with E-state index < -0.39 is 5.95 Å². The molecule has 4 rings (SSSR count). The summed E-state index contributed by atoms with van der Waals surface area (Å²) in [7, 11) is 0. The zero-order valence-electron chi connectivity index (χ0n) is 15.1. The van der Waals surface area contributed by atoms with Crippen molar-refractivity contribution in [2.24, 2.45) is 0 Å². The monoisotopic (exact) mass is 368 g/mol. The van der Waals surface area contributed by atoms with Gasteiger partial charge >= 0.3 is 6.03 Å². The Hall–Kier alpha value is -3.09. The molecule has 1 fully saturated rings. The van der Waals surface area contributed by atoms with E-state index >= 15 is 0 Å². The maximum atomic E-state index is 13.4. The van der Waals surface area contributed by atoms with Gasteiger partial charge in [-0.05, 0) is 30.7 Å². The third kappa shape index (κ3) is 3.58. The number of anilines is 1. The summed E-state index contributed by atoms with van der Waals surface area (Å²) in [6.07, 6.45) is 3.12. The van der Waals surface area contributed by atoms with E-state index in [1.165, 1.54) is 12.3 Å². The van der Waals surface area contributed by atoms with Crippen molar-refractivity contribution in [3.8, 4) is 0 Å². The van der Waals surface area contributed by atoms with Gasteiger partial charge in [-0.15, -0.1) is 0 Å². The van der Waals surface area contributed by atoms with Gasteiger partial charge in [-0.1, -0.05) is 12.1 Å². The summed E-state index contributed by atoms with van der Waals surface area (Å²) in [5.41, 5.74) is 2.63. The first-order valence-electron chi connectivity index (χ1n) is 8.98. The summed E-state index contributed by atoms with van der Waals surface area (Å²) in [5, 5.41) is 4.01. The van der Waals surface area contributed by atoms with Crippen molar-refractivity contribution in [1.82, 2.24) is 15.2 Å². The average molecular weight is 368 g/mol. The predicted octanol–water partition coefficient (Wildman–Crippen LogP) is 3.39. The van der Waals surface area contributed by atoms with Crippen molar-refractivity contribution in [1.29, 1.82) is 0 Å². The number of piperazine rings is 1. The second-order valence-corrected chi connectivity index (χ2v) is 6.73. The van der Waals surface area contributed by atoms with E-state index in [0.29, 0.717) is 26.2 Å². The number of nitrogens with zero attached hydrogens (tertiary/aromatic N) is 3. The zero-order chi connectivity index (χ0) is 18.8. The SMILES string of the molecule is CC1CN(c2ccnc(F)c2)CCN1C(=O)NCc1cccc2occc12. The largest absolute Gasteiger partial charge is 0.464 e. The van der Waals surface area contributed by atoms with Crippen molar-refractivity contribution in [2.45, 2.75) is 19.5 Å². The Morgan fingerprint density at radius 1 is 1.33 bits per heavy atom. The number of amides is 2. The van der Waals surface area contributed by atoms with Crippen LogP contribution in [0.5, 0.6) is 0 Å². The van der Waals surface area contributed by atoms with Crippen LogP contribution in [0, 0.1) is 5.95 Å². The van der Waals surface area contributed by atoms with Crippen LogP contribution in [-0.2, 0) is 6.54 Å². The molecule has 1 unspecified atom stereocenters. The Labute approximate surface area is 156 Å². The highest BCUT2D eigenvalue weighted by molar-refractivity contribution is 5.82. The lowest BCUT2D eigenvalue weighted by Crippen LogP contribution is -2.56. The van der Waals surface area contributed by atoms with Gasteiger partial charge in [0.25, 0.3) is 0 Å². The van der Waals surface area contributed by atoms with Gasteiger partial charge in [0.1, 0.15) is 5.58 Å². The topological polar surface area (TPSA) is 61.6 Å². The Morgan fingerprint density at radius 3 is 3.04 bits per heavy atom. The smallest absolute Gasteiger partial charge is 0.318 e. The zero-order valence-corrected chi connectivity index (χ0v) is 15.1. The van der Waals surface area contributed by atoms with E-state index in [4.69, 9.17) is 4.42 Å². The maximum Gasteiger partial charge on any atom is 0.318 e. The molecule has 27 heavy (non-hydrogen) atoms. The lowest BCUT2D eigenvalue weighted by atomic mass is 10.1.